The van der Waals surface area contributed by atoms with Crippen LogP contribution in [-0.4, -0.2) is 47.0 Å². The maximum Gasteiger partial charge on any atom is 0.306 e. The summed E-state index contributed by atoms with van der Waals surface area (Å²) in [7, 11) is 1.35. The first-order valence-electron chi connectivity index (χ1n) is 5.48. The number of aliphatic carboxylic acids is 1. The van der Waals surface area contributed by atoms with E-state index in [2.05, 4.69) is 5.32 Å². The molecule has 1 aromatic rings. The molecule has 7 heteroatoms. The molecule has 0 aliphatic rings. The average Bonchev–Trinajstić information content (AvgIpc) is 2.33. The Balaban J connectivity index is 2.61. The molecule has 0 heterocycles. The van der Waals surface area contributed by atoms with Gasteiger partial charge in [-0.3, -0.25) is 9.59 Å². The van der Waals surface area contributed by atoms with E-state index in [1.165, 1.54) is 19.2 Å². The maximum absolute atomic E-state index is 11.7. The Morgan fingerprint density at radius 2 is 2.05 bits per heavy atom. The van der Waals surface area contributed by atoms with Gasteiger partial charge in [0.2, 0.25) is 0 Å². The highest BCUT2D eigenvalue weighted by Gasteiger charge is 2.16. The number of carboxylic acid groups (broad SMARTS) is 1. The van der Waals surface area contributed by atoms with Crippen LogP contribution in [0.5, 0.6) is 11.5 Å². The summed E-state index contributed by atoms with van der Waals surface area (Å²) in [6, 6.07) is 3.57. The number of phenolic OH excluding ortho intramolecular Hbond substituents is 2. The molecule has 1 unspecified atom stereocenters. The summed E-state index contributed by atoms with van der Waals surface area (Å²) < 4.78 is 4.90. The lowest BCUT2D eigenvalue weighted by Crippen LogP contribution is -2.34. The molecule has 19 heavy (non-hydrogen) atoms. The van der Waals surface area contributed by atoms with Crippen LogP contribution < -0.4 is 5.32 Å². The number of benzene rings is 1. The molecule has 0 spiro atoms. The third-order valence-electron chi connectivity index (χ3n) is 2.45. The Hall–Kier alpha value is -2.28. The van der Waals surface area contributed by atoms with Crippen molar-refractivity contribution in [3.05, 3.63) is 23.8 Å². The number of ether oxygens (including phenoxy) is 1. The van der Waals surface area contributed by atoms with Gasteiger partial charge in [-0.1, -0.05) is 0 Å². The van der Waals surface area contributed by atoms with Crippen LogP contribution in [0.15, 0.2) is 18.2 Å². The van der Waals surface area contributed by atoms with Crippen molar-refractivity contribution in [3.63, 3.8) is 0 Å². The molecule has 0 bridgehead atoms. The fraction of sp³-hybridized carbons (Fsp3) is 0.333. The number of rotatable bonds is 6. The van der Waals surface area contributed by atoms with E-state index in [1.807, 2.05) is 0 Å². The van der Waals surface area contributed by atoms with Crippen molar-refractivity contribution in [1.29, 1.82) is 0 Å². The van der Waals surface area contributed by atoms with E-state index < -0.39 is 18.0 Å². The third kappa shape index (κ3) is 4.47. The molecule has 1 rings (SSSR count). The van der Waals surface area contributed by atoms with E-state index >= 15 is 0 Å². The van der Waals surface area contributed by atoms with Crippen molar-refractivity contribution in [3.8, 4) is 11.5 Å². The first kappa shape index (κ1) is 14.8. The minimum absolute atomic E-state index is 0.00193. The second-order valence-corrected chi connectivity index (χ2v) is 3.87. The van der Waals surface area contributed by atoms with Crippen molar-refractivity contribution in [2.75, 3.05) is 13.7 Å². The van der Waals surface area contributed by atoms with E-state index in [-0.39, 0.29) is 30.0 Å². The lowest BCUT2D eigenvalue weighted by Gasteiger charge is -2.14. The maximum atomic E-state index is 11.7. The fourth-order valence-corrected chi connectivity index (χ4v) is 1.45. The Morgan fingerprint density at radius 1 is 1.37 bits per heavy atom. The van der Waals surface area contributed by atoms with Crippen LogP contribution >= 0.6 is 0 Å². The fourth-order valence-electron chi connectivity index (χ4n) is 1.45. The molecule has 4 N–H and O–H groups in total. The molecule has 0 aliphatic heterocycles. The smallest absolute Gasteiger partial charge is 0.306 e. The van der Waals surface area contributed by atoms with Crippen LogP contribution in [0.25, 0.3) is 0 Å². The van der Waals surface area contributed by atoms with Crippen molar-refractivity contribution in [2.24, 2.45) is 0 Å². The highest BCUT2D eigenvalue weighted by atomic mass is 16.5. The minimum atomic E-state index is -1.03. The molecule has 0 aliphatic carbocycles. The molecular weight excluding hydrogens is 254 g/mol. The summed E-state index contributed by atoms with van der Waals surface area (Å²) in [4.78, 5) is 22.2. The topological polar surface area (TPSA) is 116 Å². The molecule has 104 valence electrons. The lowest BCUT2D eigenvalue weighted by atomic mass is 10.1. The van der Waals surface area contributed by atoms with Gasteiger partial charge in [0.1, 0.15) is 11.5 Å². The largest absolute Gasteiger partial charge is 0.508 e. The molecule has 0 aromatic heterocycles. The van der Waals surface area contributed by atoms with Crippen LogP contribution in [0.3, 0.4) is 0 Å². The highest BCUT2D eigenvalue weighted by Crippen LogP contribution is 2.22. The van der Waals surface area contributed by atoms with Crippen LogP contribution in [0.4, 0.5) is 0 Å². The second kappa shape index (κ2) is 6.60. The Kier molecular flexibility index (Phi) is 5.13. The molecule has 1 aromatic carbocycles. The monoisotopic (exact) mass is 269 g/mol. The molecule has 0 radical (unpaired) electrons. The Morgan fingerprint density at radius 3 is 2.58 bits per heavy atom. The normalized spacial score (nSPS) is 11.8. The summed E-state index contributed by atoms with van der Waals surface area (Å²) >= 11 is 0. The lowest BCUT2D eigenvalue weighted by molar-refractivity contribution is -0.139. The Labute approximate surface area is 109 Å². The van der Waals surface area contributed by atoms with Gasteiger partial charge < -0.3 is 25.4 Å². The van der Waals surface area contributed by atoms with Crippen LogP contribution in [0.1, 0.15) is 16.8 Å². The van der Waals surface area contributed by atoms with Gasteiger partial charge in [-0.05, 0) is 12.1 Å². The number of phenols is 2. The van der Waals surface area contributed by atoms with Crippen molar-refractivity contribution < 1.29 is 29.6 Å². The van der Waals surface area contributed by atoms with Gasteiger partial charge in [0, 0.05) is 19.7 Å². The van der Waals surface area contributed by atoms with E-state index in [9.17, 15) is 14.7 Å². The quantitative estimate of drug-likeness (QED) is 0.591. The summed E-state index contributed by atoms with van der Waals surface area (Å²) in [6.45, 7) is 0.00193. The molecule has 0 fully saturated rings. The van der Waals surface area contributed by atoms with Crippen LogP contribution in [0, 0.1) is 0 Å². The predicted octanol–water partition coefficient (Wildman–Crippen LogP) is 0.317. The number of nitrogens with one attached hydrogen (secondary N) is 1. The number of hydrogen-bond donors (Lipinski definition) is 4. The number of carbonyl (C=O) groups excluding carboxylic acids is 1. The van der Waals surface area contributed by atoms with Gasteiger partial charge in [0.05, 0.1) is 18.1 Å². The zero-order valence-corrected chi connectivity index (χ0v) is 10.3. The SMILES string of the molecule is COC(CNC(=O)c1ccc(O)cc1O)CC(=O)O. The van der Waals surface area contributed by atoms with E-state index in [1.54, 1.807) is 0 Å². The van der Waals surface area contributed by atoms with Crippen LogP contribution in [-0.2, 0) is 9.53 Å². The molecule has 0 saturated heterocycles. The number of carboxylic acids is 1. The standard InChI is InChI=1S/C12H15NO6/c1-19-8(5-11(16)17)6-13-12(18)9-3-2-7(14)4-10(9)15/h2-4,8,14-15H,5-6H2,1H3,(H,13,18)(H,16,17). The van der Waals surface area contributed by atoms with Crippen molar-refractivity contribution in [1.82, 2.24) is 5.32 Å². The van der Waals surface area contributed by atoms with Gasteiger partial charge in [-0.15, -0.1) is 0 Å². The molecule has 1 atom stereocenters. The second-order valence-electron chi connectivity index (χ2n) is 3.87. The van der Waals surface area contributed by atoms with E-state index in [0.717, 1.165) is 6.07 Å². The average molecular weight is 269 g/mol. The molecule has 7 nitrogen and oxygen atoms in total. The molecule has 1 amide bonds. The third-order valence-corrected chi connectivity index (χ3v) is 2.45. The predicted molar refractivity (Wildman–Crippen MR) is 65.2 cm³/mol. The number of hydrogen-bond acceptors (Lipinski definition) is 5. The summed E-state index contributed by atoms with van der Waals surface area (Å²) in [5.74, 6) is -2.13. The van der Waals surface area contributed by atoms with E-state index in [0.29, 0.717) is 0 Å². The van der Waals surface area contributed by atoms with Gasteiger partial charge in [-0.2, -0.15) is 0 Å². The number of amides is 1. The number of carbonyl (C=O) groups is 2. The molecular formula is C12H15NO6. The first-order valence-corrected chi connectivity index (χ1v) is 5.48. The zero-order chi connectivity index (χ0) is 14.4. The number of aromatic hydroxyl groups is 2. The number of methoxy groups -OCH3 is 1. The van der Waals surface area contributed by atoms with E-state index in [4.69, 9.17) is 14.9 Å². The van der Waals surface area contributed by atoms with Gasteiger partial charge in [0.15, 0.2) is 0 Å². The Bertz CT molecular complexity index is 473. The highest BCUT2D eigenvalue weighted by molar-refractivity contribution is 5.97. The first-order chi connectivity index (χ1) is 8.93. The van der Waals surface area contributed by atoms with Gasteiger partial charge in [0.25, 0.3) is 5.91 Å². The van der Waals surface area contributed by atoms with Gasteiger partial charge >= 0.3 is 5.97 Å². The summed E-state index contributed by atoms with van der Waals surface area (Å²) in [6.07, 6.45) is -0.890. The van der Waals surface area contributed by atoms with Gasteiger partial charge in [-0.25, -0.2) is 0 Å². The zero-order valence-electron chi connectivity index (χ0n) is 10.3. The molecule has 0 saturated carbocycles. The summed E-state index contributed by atoms with van der Waals surface area (Å²) in [5, 5.41) is 29.6. The minimum Gasteiger partial charge on any atom is -0.508 e. The van der Waals surface area contributed by atoms with Crippen LogP contribution in [0.2, 0.25) is 0 Å². The summed E-state index contributed by atoms with van der Waals surface area (Å²) in [5.41, 5.74) is -0.0111. The van der Waals surface area contributed by atoms with Crippen molar-refractivity contribution in [2.45, 2.75) is 12.5 Å². The van der Waals surface area contributed by atoms with Crippen molar-refractivity contribution >= 4 is 11.9 Å².